The minimum absolute atomic E-state index is 0.0607. The van der Waals surface area contributed by atoms with Crippen molar-refractivity contribution < 1.29 is 14.3 Å². The summed E-state index contributed by atoms with van der Waals surface area (Å²) >= 11 is 0. The molecule has 1 fully saturated rings. The molecule has 1 saturated heterocycles. The van der Waals surface area contributed by atoms with E-state index in [1.54, 1.807) is 24.3 Å². The zero-order valence-electron chi connectivity index (χ0n) is 14.8. The second-order valence-corrected chi connectivity index (χ2v) is 6.48. The van der Waals surface area contributed by atoms with E-state index < -0.39 is 0 Å². The Balaban J connectivity index is 1.78. The van der Waals surface area contributed by atoms with Gasteiger partial charge in [0.05, 0.1) is 12.2 Å². The van der Waals surface area contributed by atoms with Crippen molar-refractivity contribution in [3.05, 3.63) is 35.4 Å². The predicted octanol–water partition coefficient (Wildman–Crippen LogP) is 4.44. The number of benzene rings is 1. The number of carbonyl (C=O) groups is 2. The molecule has 0 atom stereocenters. The summed E-state index contributed by atoms with van der Waals surface area (Å²) < 4.78 is 5.29. The quantitative estimate of drug-likeness (QED) is 0.522. The van der Waals surface area contributed by atoms with Gasteiger partial charge in [-0.25, -0.2) is 4.79 Å². The van der Waals surface area contributed by atoms with Crippen LogP contribution in [0.25, 0.3) is 0 Å². The second-order valence-electron chi connectivity index (χ2n) is 6.48. The predicted molar refractivity (Wildman–Crippen MR) is 95.2 cm³/mol. The zero-order valence-corrected chi connectivity index (χ0v) is 14.8. The van der Waals surface area contributed by atoms with Gasteiger partial charge in [-0.3, -0.25) is 4.79 Å². The molecule has 1 heterocycles. The van der Waals surface area contributed by atoms with E-state index in [0.717, 1.165) is 38.8 Å². The van der Waals surface area contributed by atoms with Crippen molar-refractivity contribution in [2.45, 2.75) is 58.3 Å². The van der Waals surface area contributed by atoms with Crippen LogP contribution < -0.4 is 0 Å². The summed E-state index contributed by atoms with van der Waals surface area (Å²) in [7, 11) is 0. The van der Waals surface area contributed by atoms with E-state index >= 15 is 0 Å². The first-order valence-electron chi connectivity index (χ1n) is 9.29. The van der Waals surface area contributed by atoms with Crippen LogP contribution in [0, 0.1) is 0 Å². The van der Waals surface area contributed by atoms with Crippen LogP contribution in [0.4, 0.5) is 0 Å². The molecule has 0 spiro atoms. The minimum atomic E-state index is -0.303. The third-order valence-corrected chi connectivity index (χ3v) is 4.49. The molecule has 132 valence electrons. The molecular formula is C20H29NO3. The molecule has 4 heteroatoms. The van der Waals surface area contributed by atoms with Crippen molar-refractivity contribution in [2.75, 3.05) is 19.7 Å². The Kier molecular flexibility index (Phi) is 7.80. The van der Waals surface area contributed by atoms with Gasteiger partial charge in [-0.1, -0.05) is 32.6 Å². The summed E-state index contributed by atoms with van der Waals surface area (Å²) in [6.07, 6.45) is 9.02. The lowest BCUT2D eigenvalue weighted by Crippen LogP contribution is -2.35. The molecule has 0 saturated carbocycles. The lowest BCUT2D eigenvalue weighted by molar-refractivity contribution is 0.0497. The molecular weight excluding hydrogens is 302 g/mol. The molecule has 0 unspecified atom stereocenters. The Morgan fingerprint density at radius 3 is 2.21 bits per heavy atom. The van der Waals surface area contributed by atoms with Gasteiger partial charge in [0.2, 0.25) is 0 Å². The van der Waals surface area contributed by atoms with Gasteiger partial charge in [0.1, 0.15) is 0 Å². The van der Waals surface area contributed by atoms with Crippen LogP contribution in [0.3, 0.4) is 0 Å². The van der Waals surface area contributed by atoms with Crippen LogP contribution in [-0.2, 0) is 4.74 Å². The van der Waals surface area contributed by atoms with E-state index in [-0.39, 0.29) is 11.9 Å². The maximum Gasteiger partial charge on any atom is 0.338 e. The number of hydrogen-bond acceptors (Lipinski definition) is 3. The van der Waals surface area contributed by atoms with Crippen molar-refractivity contribution in [3.63, 3.8) is 0 Å². The average molecular weight is 331 g/mol. The van der Waals surface area contributed by atoms with Crippen LogP contribution >= 0.6 is 0 Å². The Labute approximate surface area is 145 Å². The molecule has 0 aromatic heterocycles. The Hall–Kier alpha value is -1.84. The molecule has 0 N–H and O–H groups in total. The molecule has 0 bridgehead atoms. The number of amides is 1. The Bertz CT molecular complexity index is 518. The van der Waals surface area contributed by atoms with Crippen molar-refractivity contribution in [3.8, 4) is 0 Å². The van der Waals surface area contributed by atoms with Crippen molar-refractivity contribution >= 4 is 11.9 Å². The number of unbranched alkanes of at least 4 members (excludes halogenated alkanes) is 4. The number of nitrogens with zero attached hydrogens (tertiary/aromatic N) is 1. The van der Waals surface area contributed by atoms with E-state index in [0.29, 0.717) is 17.7 Å². The molecule has 1 aliphatic rings. The topological polar surface area (TPSA) is 46.6 Å². The molecule has 4 nitrogen and oxygen atoms in total. The molecule has 24 heavy (non-hydrogen) atoms. The van der Waals surface area contributed by atoms with Crippen molar-refractivity contribution in [1.29, 1.82) is 0 Å². The highest BCUT2D eigenvalue weighted by Gasteiger charge is 2.18. The SMILES string of the molecule is CCCCCCCOC(=O)c1ccc(C(=O)N2CCCCC2)cc1. The monoisotopic (exact) mass is 331 g/mol. The third kappa shape index (κ3) is 5.66. The average Bonchev–Trinajstić information content (AvgIpc) is 2.64. The van der Waals surface area contributed by atoms with E-state index in [1.807, 2.05) is 4.90 Å². The first-order valence-corrected chi connectivity index (χ1v) is 9.29. The second kappa shape index (κ2) is 10.1. The van der Waals surface area contributed by atoms with E-state index in [1.165, 1.54) is 25.7 Å². The van der Waals surface area contributed by atoms with Crippen LogP contribution in [0.1, 0.15) is 79.0 Å². The summed E-state index contributed by atoms with van der Waals surface area (Å²) in [4.78, 5) is 26.3. The van der Waals surface area contributed by atoms with Gasteiger partial charge in [0.15, 0.2) is 0 Å². The number of likely N-dealkylation sites (tertiary alicyclic amines) is 1. The molecule has 1 aliphatic heterocycles. The van der Waals surface area contributed by atoms with Gasteiger partial charge in [-0.2, -0.15) is 0 Å². The molecule has 1 aromatic rings. The van der Waals surface area contributed by atoms with Gasteiger partial charge in [-0.05, 0) is 49.9 Å². The molecule has 2 rings (SSSR count). The van der Waals surface area contributed by atoms with E-state index in [2.05, 4.69) is 6.92 Å². The number of esters is 1. The largest absolute Gasteiger partial charge is 0.462 e. The standard InChI is InChI=1S/C20H29NO3/c1-2-3-4-5-9-16-24-20(23)18-12-10-17(11-13-18)19(22)21-14-7-6-8-15-21/h10-13H,2-9,14-16H2,1H3. The van der Waals surface area contributed by atoms with Crippen LogP contribution in [0.15, 0.2) is 24.3 Å². The fourth-order valence-electron chi connectivity index (χ4n) is 2.98. The highest BCUT2D eigenvalue weighted by atomic mass is 16.5. The number of hydrogen-bond donors (Lipinski definition) is 0. The maximum absolute atomic E-state index is 12.4. The molecule has 0 radical (unpaired) electrons. The lowest BCUT2D eigenvalue weighted by atomic mass is 10.1. The molecule has 1 aromatic carbocycles. The first-order chi connectivity index (χ1) is 11.7. The number of rotatable bonds is 8. The summed E-state index contributed by atoms with van der Waals surface area (Å²) in [5.74, 6) is -0.243. The lowest BCUT2D eigenvalue weighted by Gasteiger charge is -2.26. The minimum Gasteiger partial charge on any atom is -0.462 e. The zero-order chi connectivity index (χ0) is 17.2. The smallest absolute Gasteiger partial charge is 0.338 e. The van der Waals surface area contributed by atoms with Crippen molar-refractivity contribution in [1.82, 2.24) is 4.90 Å². The van der Waals surface area contributed by atoms with Gasteiger partial charge in [0.25, 0.3) is 5.91 Å². The maximum atomic E-state index is 12.4. The van der Waals surface area contributed by atoms with Crippen molar-refractivity contribution in [2.24, 2.45) is 0 Å². The normalized spacial score (nSPS) is 14.5. The van der Waals surface area contributed by atoms with Gasteiger partial charge >= 0.3 is 5.97 Å². The van der Waals surface area contributed by atoms with Gasteiger partial charge in [-0.15, -0.1) is 0 Å². The fraction of sp³-hybridized carbons (Fsp3) is 0.600. The van der Waals surface area contributed by atoms with Gasteiger partial charge < -0.3 is 9.64 Å². The highest BCUT2D eigenvalue weighted by Crippen LogP contribution is 2.14. The summed E-state index contributed by atoms with van der Waals surface area (Å²) in [5, 5.41) is 0. The van der Waals surface area contributed by atoms with Crippen LogP contribution in [-0.4, -0.2) is 36.5 Å². The van der Waals surface area contributed by atoms with Crippen LogP contribution in [0.5, 0.6) is 0 Å². The number of piperidine rings is 1. The summed E-state index contributed by atoms with van der Waals surface area (Å²) in [6, 6.07) is 6.84. The third-order valence-electron chi connectivity index (χ3n) is 4.49. The molecule has 1 amide bonds. The highest BCUT2D eigenvalue weighted by molar-refractivity contribution is 5.96. The number of ether oxygens (including phenoxy) is 1. The first kappa shape index (κ1) is 18.5. The summed E-state index contributed by atoms with van der Waals surface area (Å²) in [5.41, 5.74) is 1.16. The Morgan fingerprint density at radius 2 is 1.54 bits per heavy atom. The van der Waals surface area contributed by atoms with Crippen LogP contribution in [0.2, 0.25) is 0 Å². The van der Waals surface area contributed by atoms with E-state index in [9.17, 15) is 9.59 Å². The number of carbonyl (C=O) groups excluding carboxylic acids is 2. The van der Waals surface area contributed by atoms with Gasteiger partial charge in [0, 0.05) is 18.7 Å². The summed E-state index contributed by atoms with van der Waals surface area (Å²) in [6.45, 7) is 4.32. The van der Waals surface area contributed by atoms with E-state index in [4.69, 9.17) is 4.74 Å². The Morgan fingerprint density at radius 1 is 0.917 bits per heavy atom. The molecule has 0 aliphatic carbocycles. The fourth-order valence-corrected chi connectivity index (χ4v) is 2.98.